The minimum absolute atomic E-state index is 0.0187. The third-order valence-electron chi connectivity index (χ3n) is 2.97. The Kier molecular flexibility index (Phi) is 3.07. The van der Waals surface area contributed by atoms with Crippen LogP contribution in [0.25, 0.3) is 5.52 Å². The fourth-order valence-electron chi connectivity index (χ4n) is 1.98. The number of nitrogens with one attached hydrogen (secondary N) is 1. The summed E-state index contributed by atoms with van der Waals surface area (Å²) in [6, 6.07) is 6.67. The second-order valence-electron chi connectivity index (χ2n) is 4.27. The number of carbonyl (C=O) groups is 2. The Labute approximate surface area is 118 Å². The number of hydrogen-bond acceptors (Lipinski definition) is 4. The Balaban J connectivity index is 1.96. The molecule has 0 bridgehead atoms. The van der Waals surface area contributed by atoms with Gasteiger partial charge in [-0.05, 0) is 18.2 Å². The molecule has 2 N–H and O–H groups in total. The first-order valence-electron chi connectivity index (χ1n) is 6.08. The van der Waals surface area contributed by atoms with Crippen molar-refractivity contribution in [1.29, 1.82) is 0 Å². The number of rotatable bonds is 3. The Morgan fingerprint density at radius 3 is 2.81 bits per heavy atom. The summed E-state index contributed by atoms with van der Waals surface area (Å²) in [5, 5.41) is 15.7. The first kappa shape index (κ1) is 12.8. The van der Waals surface area contributed by atoms with E-state index in [-0.39, 0.29) is 11.3 Å². The smallest absolute Gasteiger partial charge is 0.337 e. The largest absolute Gasteiger partial charge is 0.478 e. The van der Waals surface area contributed by atoms with E-state index in [0.717, 1.165) is 0 Å². The first-order chi connectivity index (χ1) is 10.2. The van der Waals surface area contributed by atoms with Crippen LogP contribution in [0.4, 0.5) is 5.69 Å². The van der Waals surface area contributed by atoms with Gasteiger partial charge >= 0.3 is 5.97 Å². The Morgan fingerprint density at radius 2 is 2.00 bits per heavy atom. The van der Waals surface area contributed by atoms with Crippen LogP contribution in [0.5, 0.6) is 0 Å². The number of aromatic nitrogens is 3. The van der Waals surface area contributed by atoms with E-state index in [0.29, 0.717) is 11.1 Å². The van der Waals surface area contributed by atoms with Gasteiger partial charge in [0.2, 0.25) is 0 Å². The summed E-state index contributed by atoms with van der Waals surface area (Å²) in [4.78, 5) is 27.2. The number of anilines is 1. The number of hydrogen-bond donors (Lipinski definition) is 2. The van der Waals surface area contributed by atoms with Gasteiger partial charge in [-0.1, -0.05) is 6.07 Å². The zero-order chi connectivity index (χ0) is 14.8. The van der Waals surface area contributed by atoms with E-state index >= 15 is 0 Å². The molecular weight excluding hydrogens is 272 g/mol. The summed E-state index contributed by atoms with van der Waals surface area (Å²) in [6.07, 6.45) is 5.81. The molecule has 3 heterocycles. The van der Waals surface area contributed by atoms with Crippen molar-refractivity contribution < 1.29 is 14.7 Å². The lowest BCUT2D eigenvalue weighted by atomic mass is 10.2. The van der Waals surface area contributed by atoms with Crippen LogP contribution in [0.1, 0.15) is 20.7 Å². The Hall–Kier alpha value is -3.22. The van der Waals surface area contributed by atoms with Crippen molar-refractivity contribution in [3.05, 3.63) is 60.2 Å². The highest BCUT2D eigenvalue weighted by Gasteiger charge is 2.16. The average molecular weight is 282 g/mol. The van der Waals surface area contributed by atoms with Crippen LogP contribution in [0.2, 0.25) is 0 Å². The van der Waals surface area contributed by atoms with Gasteiger partial charge in [-0.15, -0.1) is 0 Å². The number of nitrogens with zero attached hydrogens (tertiary/aromatic N) is 3. The minimum Gasteiger partial charge on any atom is -0.478 e. The number of aromatic carboxylic acids is 1. The van der Waals surface area contributed by atoms with Crippen molar-refractivity contribution in [3.8, 4) is 0 Å². The molecule has 21 heavy (non-hydrogen) atoms. The molecule has 0 unspecified atom stereocenters. The maximum atomic E-state index is 12.3. The van der Waals surface area contributed by atoms with Crippen LogP contribution in [0.15, 0.2) is 49.1 Å². The van der Waals surface area contributed by atoms with Gasteiger partial charge in [-0.2, -0.15) is 5.10 Å². The van der Waals surface area contributed by atoms with E-state index in [1.54, 1.807) is 28.9 Å². The molecule has 0 aliphatic carbocycles. The lowest BCUT2D eigenvalue weighted by Gasteiger charge is -2.06. The van der Waals surface area contributed by atoms with Crippen molar-refractivity contribution in [1.82, 2.24) is 14.6 Å². The van der Waals surface area contributed by atoms with Crippen LogP contribution >= 0.6 is 0 Å². The lowest BCUT2D eigenvalue weighted by Crippen LogP contribution is -2.14. The fourth-order valence-corrected chi connectivity index (χ4v) is 1.98. The van der Waals surface area contributed by atoms with Gasteiger partial charge in [0, 0.05) is 12.4 Å². The SMILES string of the molecule is O=C(O)c1ccncc1NC(=O)c1cnn2ccccc12. The maximum absolute atomic E-state index is 12.3. The summed E-state index contributed by atoms with van der Waals surface area (Å²) >= 11 is 0. The molecule has 0 aliphatic rings. The van der Waals surface area contributed by atoms with Crippen LogP contribution in [0.3, 0.4) is 0 Å². The molecule has 0 spiro atoms. The van der Waals surface area contributed by atoms with Gasteiger partial charge < -0.3 is 10.4 Å². The summed E-state index contributed by atoms with van der Waals surface area (Å²) in [6.45, 7) is 0. The number of carboxylic acids is 1. The van der Waals surface area contributed by atoms with E-state index in [2.05, 4.69) is 15.4 Å². The van der Waals surface area contributed by atoms with Crippen LogP contribution in [0, 0.1) is 0 Å². The van der Waals surface area contributed by atoms with Gasteiger partial charge in [-0.3, -0.25) is 9.78 Å². The van der Waals surface area contributed by atoms with Crippen molar-refractivity contribution in [2.75, 3.05) is 5.32 Å². The predicted octanol–water partition coefficient (Wildman–Crippen LogP) is 1.68. The van der Waals surface area contributed by atoms with Crippen molar-refractivity contribution >= 4 is 23.1 Å². The molecule has 0 atom stereocenters. The monoisotopic (exact) mass is 282 g/mol. The van der Waals surface area contributed by atoms with Gasteiger partial charge in [0.15, 0.2) is 0 Å². The number of carbonyl (C=O) groups excluding carboxylic acids is 1. The number of amides is 1. The lowest BCUT2D eigenvalue weighted by molar-refractivity contribution is 0.0698. The summed E-state index contributed by atoms with van der Waals surface area (Å²) in [5.41, 5.74) is 1.12. The molecule has 0 saturated heterocycles. The number of carboxylic acid groups (broad SMARTS) is 1. The zero-order valence-corrected chi connectivity index (χ0v) is 10.7. The van der Waals surface area contributed by atoms with Crippen LogP contribution < -0.4 is 5.32 Å². The molecule has 0 aliphatic heterocycles. The molecule has 0 saturated carbocycles. The second kappa shape index (κ2) is 5.04. The van der Waals surface area contributed by atoms with E-state index in [1.807, 2.05) is 0 Å². The van der Waals surface area contributed by atoms with Crippen molar-refractivity contribution in [2.24, 2.45) is 0 Å². The van der Waals surface area contributed by atoms with Crippen LogP contribution in [-0.4, -0.2) is 31.6 Å². The highest BCUT2D eigenvalue weighted by molar-refractivity contribution is 6.10. The summed E-state index contributed by atoms with van der Waals surface area (Å²) in [5.74, 6) is -1.57. The molecule has 0 radical (unpaired) electrons. The molecule has 3 rings (SSSR count). The molecule has 7 heteroatoms. The van der Waals surface area contributed by atoms with Crippen LogP contribution in [-0.2, 0) is 0 Å². The minimum atomic E-state index is -1.13. The molecule has 0 aromatic carbocycles. The summed E-state index contributed by atoms with van der Waals surface area (Å²) in [7, 11) is 0. The second-order valence-corrected chi connectivity index (χ2v) is 4.27. The average Bonchev–Trinajstić information content (AvgIpc) is 2.91. The maximum Gasteiger partial charge on any atom is 0.337 e. The first-order valence-corrected chi connectivity index (χ1v) is 6.08. The quantitative estimate of drug-likeness (QED) is 0.761. The van der Waals surface area contributed by atoms with E-state index in [4.69, 9.17) is 5.11 Å². The summed E-state index contributed by atoms with van der Waals surface area (Å²) < 4.78 is 1.57. The Bertz CT molecular complexity index is 841. The molecule has 1 amide bonds. The van der Waals surface area contributed by atoms with Gasteiger partial charge in [-0.25, -0.2) is 9.31 Å². The van der Waals surface area contributed by atoms with E-state index in [1.165, 1.54) is 24.7 Å². The topological polar surface area (TPSA) is 96.6 Å². The van der Waals surface area contributed by atoms with Crippen molar-refractivity contribution in [2.45, 2.75) is 0 Å². The number of pyridine rings is 2. The third kappa shape index (κ3) is 2.32. The van der Waals surface area contributed by atoms with Gasteiger partial charge in [0.05, 0.1) is 34.7 Å². The molecule has 7 nitrogen and oxygen atoms in total. The van der Waals surface area contributed by atoms with Gasteiger partial charge in [0.25, 0.3) is 5.91 Å². The third-order valence-corrected chi connectivity index (χ3v) is 2.97. The Morgan fingerprint density at radius 1 is 1.14 bits per heavy atom. The van der Waals surface area contributed by atoms with Crippen molar-refractivity contribution in [3.63, 3.8) is 0 Å². The van der Waals surface area contributed by atoms with E-state index in [9.17, 15) is 9.59 Å². The van der Waals surface area contributed by atoms with Gasteiger partial charge in [0.1, 0.15) is 0 Å². The highest BCUT2D eigenvalue weighted by atomic mass is 16.4. The highest BCUT2D eigenvalue weighted by Crippen LogP contribution is 2.16. The molecule has 0 fully saturated rings. The number of fused-ring (bicyclic) bond motifs is 1. The molecule has 104 valence electrons. The standard InChI is InChI=1S/C14H10N4O3/c19-13(10-7-16-18-6-2-1-3-12(10)18)17-11-8-15-5-4-9(11)14(20)21/h1-8H,(H,17,19)(H,20,21). The fraction of sp³-hybridized carbons (Fsp3) is 0. The predicted molar refractivity (Wildman–Crippen MR) is 74.3 cm³/mol. The molecule has 3 aromatic heterocycles. The normalized spacial score (nSPS) is 10.5. The van der Waals surface area contributed by atoms with E-state index < -0.39 is 11.9 Å². The molecular formula is C14H10N4O3. The molecule has 3 aromatic rings. The zero-order valence-electron chi connectivity index (χ0n) is 10.7.